The number of benzene rings is 2. The van der Waals surface area contributed by atoms with Crippen molar-refractivity contribution in [3.63, 3.8) is 0 Å². The molecule has 0 unspecified atom stereocenters. The normalized spacial score (nSPS) is 15.4. The fourth-order valence-electron chi connectivity index (χ4n) is 3.42. The van der Waals surface area contributed by atoms with Crippen molar-refractivity contribution in [2.75, 3.05) is 24.2 Å². The molecule has 4 rings (SSSR count). The van der Waals surface area contributed by atoms with Gasteiger partial charge in [0.2, 0.25) is 15.9 Å². The topological polar surface area (TPSA) is 79.4 Å². The van der Waals surface area contributed by atoms with Gasteiger partial charge in [0.15, 0.2) is 4.34 Å². The number of fused-ring (bicyclic) bond motifs is 1. The number of hydrogen-bond acceptors (Lipinski definition) is 6. The third kappa shape index (κ3) is 4.69. The molecule has 1 saturated heterocycles. The van der Waals surface area contributed by atoms with Gasteiger partial charge < -0.3 is 5.32 Å². The SMILES string of the molecule is Cc1ccc(NC(=O)CSc2nc3ccccc3s2)c(S(=O)(=O)N2CCCCC2)c1. The summed E-state index contributed by atoms with van der Waals surface area (Å²) in [6.07, 6.45) is 2.78. The highest BCUT2D eigenvalue weighted by atomic mass is 32.2. The molecule has 0 atom stereocenters. The Morgan fingerprint density at radius 1 is 1.17 bits per heavy atom. The second kappa shape index (κ2) is 9.05. The number of carbonyl (C=O) groups is 1. The molecule has 0 spiro atoms. The van der Waals surface area contributed by atoms with Crippen LogP contribution in [0.5, 0.6) is 0 Å². The number of aromatic nitrogens is 1. The Bertz CT molecular complexity index is 1140. The van der Waals surface area contributed by atoms with Crippen LogP contribution in [0.15, 0.2) is 51.7 Å². The molecule has 1 fully saturated rings. The van der Waals surface area contributed by atoms with Crippen molar-refractivity contribution in [1.29, 1.82) is 0 Å². The molecule has 1 aromatic heterocycles. The second-order valence-electron chi connectivity index (χ2n) is 7.25. The van der Waals surface area contributed by atoms with Crippen molar-refractivity contribution in [3.05, 3.63) is 48.0 Å². The van der Waals surface area contributed by atoms with Crippen molar-refractivity contribution in [2.24, 2.45) is 0 Å². The summed E-state index contributed by atoms with van der Waals surface area (Å²) in [6.45, 7) is 2.90. The first-order valence-corrected chi connectivity index (χ1v) is 13.1. The molecule has 158 valence electrons. The number of nitrogens with zero attached hydrogens (tertiary/aromatic N) is 2. The van der Waals surface area contributed by atoms with Gasteiger partial charge in [0.05, 0.1) is 21.7 Å². The minimum absolute atomic E-state index is 0.164. The van der Waals surface area contributed by atoms with E-state index in [0.29, 0.717) is 18.8 Å². The zero-order valence-electron chi connectivity index (χ0n) is 16.6. The molecule has 9 heteroatoms. The van der Waals surface area contributed by atoms with E-state index >= 15 is 0 Å². The summed E-state index contributed by atoms with van der Waals surface area (Å²) in [6, 6.07) is 13.0. The first-order valence-electron chi connectivity index (χ1n) is 9.82. The molecule has 1 amide bonds. The molecule has 0 aliphatic carbocycles. The van der Waals surface area contributed by atoms with Crippen LogP contribution in [-0.2, 0) is 14.8 Å². The van der Waals surface area contributed by atoms with Gasteiger partial charge in [-0.15, -0.1) is 11.3 Å². The molecule has 1 N–H and O–H groups in total. The average Bonchev–Trinajstić information content (AvgIpc) is 3.17. The molecule has 6 nitrogen and oxygen atoms in total. The average molecular weight is 462 g/mol. The first kappa shape index (κ1) is 21.3. The van der Waals surface area contributed by atoms with E-state index in [0.717, 1.165) is 39.4 Å². The van der Waals surface area contributed by atoms with Gasteiger partial charge in [0.1, 0.15) is 4.90 Å². The van der Waals surface area contributed by atoms with Crippen molar-refractivity contribution in [3.8, 4) is 0 Å². The fourth-order valence-corrected chi connectivity index (χ4v) is 7.03. The third-order valence-electron chi connectivity index (χ3n) is 4.95. The first-order chi connectivity index (χ1) is 14.4. The van der Waals surface area contributed by atoms with Crippen molar-refractivity contribution >= 4 is 54.9 Å². The van der Waals surface area contributed by atoms with Gasteiger partial charge in [-0.1, -0.05) is 36.4 Å². The number of hydrogen-bond donors (Lipinski definition) is 1. The molecule has 3 aromatic rings. The highest BCUT2D eigenvalue weighted by molar-refractivity contribution is 8.01. The van der Waals surface area contributed by atoms with Crippen LogP contribution >= 0.6 is 23.1 Å². The number of sulfonamides is 1. The van der Waals surface area contributed by atoms with Crippen molar-refractivity contribution in [1.82, 2.24) is 9.29 Å². The highest BCUT2D eigenvalue weighted by Crippen LogP contribution is 2.31. The van der Waals surface area contributed by atoms with Gasteiger partial charge in [-0.25, -0.2) is 13.4 Å². The smallest absolute Gasteiger partial charge is 0.245 e. The van der Waals surface area contributed by atoms with Gasteiger partial charge in [-0.2, -0.15) is 4.31 Å². The van der Waals surface area contributed by atoms with Crippen LogP contribution in [0.3, 0.4) is 0 Å². The summed E-state index contributed by atoms with van der Waals surface area (Å²) < 4.78 is 29.8. The number of piperidine rings is 1. The summed E-state index contributed by atoms with van der Waals surface area (Å²) in [5.74, 6) is -0.0881. The van der Waals surface area contributed by atoms with Crippen LogP contribution in [0.25, 0.3) is 10.2 Å². The van der Waals surface area contributed by atoms with Crippen LogP contribution in [0.2, 0.25) is 0 Å². The number of para-hydroxylation sites is 1. The summed E-state index contributed by atoms with van der Waals surface area (Å²) >= 11 is 2.90. The molecule has 0 bridgehead atoms. The minimum atomic E-state index is -3.64. The molecule has 1 aliphatic heterocycles. The molecule has 0 radical (unpaired) electrons. The zero-order chi connectivity index (χ0) is 21.1. The van der Waals surface area contributed by atoms with Gasteiger partial charge in [-0.05, 0) is 49.6 Å². The Kier molecular flexibility index (Phi) is 6.43. The van der Waals surface area contributed by atoms with Gasteiger partial charge >= 0.3 is 0 Å². The number of rotatable bonds is 6. The minimum Gasteiger partial charge on any atom is -0.324 e. The van der Waals surface area contributed by atoms with Crippen LogP contribution < -0.4 is 5.32 Å². The van der Waals surface area contributed by atoms with E-state index in [1.165, 1.54) is 16.1 Å². The monoisotopic (exact) mass is 461 g/mol. The van der Waals surface area contributed by atoms with E-state index in [4.69, 9.17) is 0 Å². The Morgan fingerprint density at radius 3 is 2.70 bits per heavy atom. The summed E-state index contributed by atoms with van der Waals surface area (Å²) in [5.41, 5.74) is 2.09. The Balaban J connectivity index is 1.49. The molecular formula is C21H23N3O3S3. The lowest BCUT2D eigenvalue weighted by Gasteiger charge is -2.27. The van der Waals surface area contributed by atoms with Crippen LogP contribution in [0.1, 0.15) is 24.8 Å². The highest BCUT2D eigenvalue weighted by Gasteiger charge is 2.28. The maximum absolute atomic E-state index is 13.2. The lowest BCUT2D eigenvalue weighted by molar-refractivity contribution is -0.113. The van der Waals surface area contributed by atoms with Crippen molar-refractivity contribution < 1.29 is 13.2 Å². The summed E-state index contributed by atoms with van der Waals surface area (Å²) in [4.78, 5) is 17.3. The van der Waals surface area contributed by atoms with E-state index in [9.17, 15) is 13.2 Å². The zero-order valence-corrected chi connectivity index (χ0v) is 19.1. The fraction of sp³-hybridized carbons (Fsp3) is 0.333. The Hall–Kier alpha value is -1.94. The van der Waals surface area contributed by atoms with Gasteiger partial charge in [0.25, 0.3) is 0 Å². The number of anilines is 1. The number of thioether (sulfide) groups is 1. The predicted molar refractivity (Wildman–Crippen MR) is 123 cm³/mol. The second-order valence-corrected chi connectivity index (χ2v) is 11.4. The van der Waals surface area contributed by atoms with Crippen LogP contribution in [0, 0.1) is 6.92 Å². The van der Waals surface area contributed by atoms with Gasteiger partial charge in [-0.3, -0.25) is 4.79 Å². The quantitative estimate of drug-likeness (QED) is 0.547. The Morgan fingerprint density at radius 2 is 1.93 bits per heavy atom. The van der Waals surface area contributed by atoms with Crippen LogP contribution in [-0.4, -0.2) is 42.5 Å². The number of nitrogens with one attached hydrogen (secondary N) is 1. The molecule has 1 aliphatic rings. The van der Waals surface area contributed by atoms with Crippen molar-refractivity contribution in [2.45, 2.75) is 35.4 Å². The largest absolute Gasteiger partial charge is 0.324 e. The molecule has 0 saturated carbocycles. The maximum Gasteiger partial charge on any atom is 0.245 e. The number of thiazole rings is 1. The maximum atomic E-state index is 13.2. The number of carbonyl (C=O) groups excluding carboxylic acids is 1. The number of amides is 1. The predicted octanol–water partition coefficient (Wildman–Crippen LogP) is 4.51. The molecule has 2 aromatic carbocycles. The lowest BCUT2D eigenvalue weighted by atomic mass is 10.2. The van der Waals surface area contributed by atoms with Crippen LogP contribution in [0.4, 0.5) is 5.69 Å². The Labute approximate surface area is 184 Å². The molecule has 2 heterocycles. The van der Waals surface area contributed by atoms with E-state index in [1.54, 1.807) is 23.5 Å². The van der Waals surface area contributed by atoms with E-state index in [2.05, 4.69) is 10.3 Å². The molecular weight excluding hydrogens is 438 g/mol. The summed E-state index contributed by atoms with van der Waals surface area (Å²) in [7, 11) is -3.64. The van der Waals surface area contributed by atoms with E-state index in [1.807, 2.05) is 37.3 Å². The summed E-state index contributed by atoms with van der Waals surface area (Å²) in [5, 5.41) is 2.80. The third-order valence-corrected chi connectivity index (χ3v) is 9.06. The number of aryl methyl sites for hydroxylation is 1. The van der Waals surface area contributed by atoms with E-state index in [-0.39, 0.29) is 16.6 Å². The lowest BCUT2D eigenvalue weighted by Crippen LogP contribution is -2.36. The molecule has 30 heavy (non-hydrogen) atoms. The van der Waals surface area contributed by atoms with Gasteiger partial charge in [0, 0.05) is 13.1 Å². The van der Waals surface area contributed by atoms with E-state index < -0.39 is 10.0 Å². The standard InChI is InChI=1S/C21H23N3O3S3/c1-15-9-10-17(19(13-15)30(26,27)24-11-5-2-6-12-24)22-20(25)14-28-21-23-16-7-3-4-8-18(16)29-21/h3-4,7-10,13H,2,5-6,11-12,14H2,1H3,(H,22,25).